The Hall–Kier alpha value is -4.69. The molecule has 2 rings (SSSR count). The van der Waals surface area contributed by atoms with Crippen LogP contribution in [0.3, 0.4) is 0 Å². The number of imidazole rings is 2. The predicted octanol–water partition coefficient (Wildman–Crippen LogP) is -4.76. The number of nitrogens with two attached hydrogens (primary N) is 3. The monoisotopic (exact) mass is 638 g/mol. The van der Waals surface area contributed by atoms with Crippen LogP contribution in [-0.2, 0) is 36.8 Å². The number of nitrogens with one attached hydrogen (secondary N) is 6. The summed E-state index contributed by atoms with van der Waals surface area (Å²) in [7, 11) is 0. The lowest BCUT2D eigenvalue weighted by Gasteiger charge is -2.25. The molecule has 0 aliphatic carbocycles. The van der Waals surface area contributed by atoms with E-state index < -0.39 is 66.4 Å². The van der Waals surface area contributed by atoms with Crippen molar-refractivity contribution in [3.8, 4) is 0 Å². The summed E-state index contributed by atoms with van der Waals surface area (Å²) in [6.45, 7) is -0.726. The average Bonchev–Trinajstić information content (AvgIpc) is 3.69. The van der Waals surface area contributed by atoms with Gasteiger partial charge in [-0.25, -0.2) is 14.8 Å². The Morgan fingerprint density at radius 3 is 1.89 bits per heavy atom. The Balaban J connectivity index is 2.04. The van der Waals surface area contributed by atoms with Crippen LogP contribution < -0.4 is 38.5 Å². The van der Waals surface area contributed by atoms with Crippen LogP contribution in [0.4, 0.5) is 0 Å². The van der Waals surface area contributed by atoms with Gasteiger partial charge in [0, 0.05) is 48.9 Å². The number of thiol groups is 1. The normalized spacial score (nSPS) is 14.2. The molecule has 2 heterocycles. The molecule has 2 aromatic rings. The summed E-state index contributed by atoms with van der Waals surface area (Å²) >= 11 is 4.06. The maximum atomic E-state index is 13.2. The number of aliphatic carboxylic acids is 1. The highest BCUT2D eigenvalue weighted by Gasteiger charge is 2.31. The van der Waals surface area contributed by atoms with E-state index in [4.69, 9.17) is 17.2 Å². The summed E-state index contributed by atoms with van der Waals surface area (Å²) in [5, 5.41) is 28.9. The molecule has 0 aliphatic rings. The van der Waals surface area contributed by atoms with Crippen LogP contribution in [0.2, 0.25) is 0 Å². The van der Waals surface area contributed by atoms with Crippen molar-refractivity contribution in [2.75, 3.05) is 18.9 Å². The number of nitrogens with zero attached hydrogens (tertiary/aromatic N) is 3. The van der Waals surface area contributed by atoms with Gasteiger partial charge in [0.25, 0.3) is 0 Å². The number of carboxylic acids is 1. The topological polar surface area (TPSA) is 322 Å². The van der Waals surface area contributed by atoms with E-state index in [1.807, 2.05) is 0 Å². The smallest absolute Gasteiger partial charge is 0.326 e. The highest BCUT2D eigenvalue weighted by molar-refractivity contribution is 7.80. The van der Waals surface area contributed by atoms with E-state index in [2.05, 4.69) is 58.8 Å². The van der Waals surface area contributed by atoms with E-state index in [0.717, 1.165) is 0 Å². The number of rotatable bonds is 19. The lowest BCUT2D eigenvalue weighted by molar-refractivity contribution is -0.142. The number of carbonyl (C=O) groups is 5. The van der Waals surface area contributed by atoms with Gasteiger partial charge < -0.3 is 58.6 Å². The standard InChI is InChI=1S/C24H38N12O7S/c25-14(4-12-6-28-10-31-12)19(38)34-16(5-13-7-29-11-32-13)20(39)35-17(8-37)21(40)36-18(9-44)22(41)33-15(23(42)43)2-1-3-30-24(26)27/h6-7,10-11,14-18,37,44H,1-5,8-9,25H2,(H,28,31)(H,29,32)(H,33,41)(H,34,38)(H,35,39)(H,36,40)(H,42,43)(H4,26,27,30)/t14-,15-,16-,17-,18-/m0/s1. The summed E-state index contributed by atoms with van der Waals surface area (Å²) < 4.78 is 0. The molecule has 14 N–H and O–H groups in total. The molecular weight excluding hydrogens is 600 g/mol. The molecule has 0 saturated carbocycles. The van der Waals surface area contributed by atoms with Gasteiger partial charge >= 0.3 is 5.97 Å². The van der Waals surface area contributed by atoms with Crippen LogP contribution in [0, 0.1) is 0 Å². The van der Waals surface area contributed by atoms with E-state index >= 15 is 0 Å². The van der Waals surface area contributed by atoms with E-state index in [1.54, 1.807) is 0 Å². The highest BCUT2D eigenvalue weighted by atomic mass is 32.1. The first-order valence-corrected chi connectivity index (χ1v) is 14.0. The Morgan fingerprint density at radius 1 is 0.841 bits per heavy atom. The van der Waals surface area contributed by atoms with Gasteiger partial charge in [-0.05, 0) is 12.8 Å². The van der Waals surface area contributed by atoms with E-state index in [0.29, 0.717) is 11.4 Å². The van der Waals surface area contributed by atoms with Crippen molar-refractivity contribution in [1.29, 1.82) is 0 Å². The third kappa shape index (κ3) is 11.9. The summed E-state index contributed by atoms with van der Waals surface area (Å²) in [6, 6.07) is -6.46. The molecule has 0 aromatic carbocycles. The van der Waals surface area contributed by atoms with Gasteiger partial charge in [0.2, 0.25) is 23.6 Å². The van der Waals surface area contributed by atoms with Crippen LogP contribution in [0.5, 0.6) is 0 Å². The van der Waals surface area contributed by atoms with Gasteiger partial charge in [-0.1, -0.05) is 0 Å². The predicted molar refractivity (Wildman–Crippen MR) is 159 cm³/mol. The molecular formula is C24H38N12O7S. The lowest BCUT2D eigenvalue weighted by Crippen LogP contribution is -2.60. The largest absolute Gasteiger partial charge is 0.480 e. The van der Waals surface area contributed by atoms with Crippen molar-refractivity contribution in [3.63, 3.8) is 0 Å². The summed E-state index contributed by atoms with van der Waals surface area (Å²) in [5.74, 6) is -5.04. The maximum absolute atomic E-state index is 13.2. The molecule has 4 amide bonds. The molecule has 242 valence electrons. The van der Waals surface area contributed by atoms with Crippen molar-refractivity contribution in [3.05, 3.63) is 36.4 Å². The number of aliphatic imine (C=N–C) groups is 1. The second-order valence-electron chi connectivity index (χ2n) is 9.57. The third-order valence-corrected chi connectivity index (χ3v) is 6.50. The second kappa shape index (κ2) is 18.1. The number of aromatic nitrogens is 4. The SMILES string of the molecule is NC(N)=NCCC[C@H](NC(=O)[C@H](CS)NC(=O)[C@H](CO)NC(=O)[C@H](Cc1cnc[nH]1)NC(=O)[C@@H](N)Cc1cnc[nH]1)C(=O)O. The number of hydrogen-bond acceptors (Lipinski definition) is 11. The third-order valence-electron chi connectivity index (χ3n) is 6.13. The van der Waals surface area contributed by atoms with Crippen molar-refractivity contribution in [2.24, 2.45) is 22.2 Å². The second-order valence-corrected chi connectivity index (χ2v) is 9.93. The van der Waals surface area contributed by atoms with E-state index in [9.17, 15) is 34.2 Å². The van der Waals surface area contributed by atoms with Gasteiger partial charge in [0.05, 0.1) is 25.3 Å². The number of aliphatic hydroxyl groups is 1. The Morgan fingerprint density at radius 2 is 1.36 bits per heavy atom. The molecule has 0 radical (unpaired) electrons. The quantitative estimate of drug-likeness (QED) is 0.0299. The molecule has 5 atom stereocenters. The number of aliphatic hydroxyl groups excluding tert-OH is 1. The average molecular weight is 639 g/mol. The molecule has 0 bridgehead atoms. The van der Waals surface area contributed by atoms with Gasteiger partial charge in [-0.15, -0.1) is 0 Å². The van der Waals surface area contributed by atoms with Gasteiger partial charge in [-0.2, -0.15) is 12.6 Å². The maximum Gasteiger partial charge on any atom is 0.326 e. The number of H-pyrrole nitrogens is 2. The number of carbonyl (C=O) groups excluding carboxylic acids is 4. The molecule has 19 nitrogen and oxygen atoms in total. The van der Waals surface area contributed by atoms with Gasteiger partial charge in [0.1, 0.15) is 24.2 Å². The molecule has 20 heteroatoms. The van der Waals surface area contributed by atoms with Crippen LogP contribution in [0.15, 0.2) is 30.0 Å². The lowest BCUT2D eigenvalue weighted by atomic mass is 10.1. The summed E-state index contributed by atoms with van der Waals surface area (Å²) in [5.41, 5.74) is 17.6. The zero-order chi connectivity index (χ0) is 32.6. The number of aromatic amines is 2. The fourth-order valence-corrected chi connectivity index (χ4v) is 4.05. The summed E-state index contributed by atoms with van der Waals surface area (Å²) in [4.78, 5) is 80.4. The first-order valence-electron chi connectivity index (χ1n) is 13.4. The van der Waals surface area contributed by atoms with Crippen molar-refractivity contribution in [1.82, 2.24) is 41.2 Å². The van der Waals surface area contributed by atoms with Gasteiger partial charge in [-0.3, -0.25) is 24.2 Å². The minimum atomic E-state index is -1.55. The van der Waals surface area contributed by atoms with Crippen molar-refractivity contribution >= 4 is 48.2 Å². The van der Waals surface area contributed by atoms with Crippen LogP contribution in [0.25, 0.3) is 0 Å². The fraction of sp³-hybridized carbons (Fsp3) is 0.500. The Labute approximate surface area is 257 Å². The molecule has 0 unspecified atom stereocenters. The zero-order valence-corrected chi connectivity index (χ0v) is 24.5. The number of carboxylic acid groups (broad SMARTS) is 1. The fourth-order valence-electron chi connectivity index (χ4n) is 3.80. The van der Waals surface area contributed by atoms with Crippen molar-refractivity contribution in [2.45, 2.75) is 55.9 Å². The minimum absolute atomic E-state index is 0.00456. The Bertz CT molecular complexity index is 1250. The van der Waals surface area contributed by atoms with Crippen LogP contribution in [-0.4, -0.2) is 115 Å². The summed E-state index contributed by atoms with van der Waals surface area (Å²) in [6.07, 6.45) is 6.04. The van der Waals surface area contributed by atoms with E-state index in [1.165, 1.54) is 25.0 Å². The Kier molecular flexibility index (Phi) is 14.6. The minimum Gasteiger partial charge on any atom is -0.480 e. The molecule has 0 aliphatic heterocycles. The molecule has 0 fully saturated rings. The number of guanidine groups is 1. The molecule has 44 heavy (non-hydrogen) atoms. The molecule has 0 spiro atoms. The van der Waals surface area contributed by atoms with Crippen LogP contribution >= 0.6 is 12.6 Å². The first-order chi connectivity index (χ1) is 20.9. The zero-order valence-electron chi connectivity index (χ0n) is 23.6. The number of hydrogen-bond donors (Lipinski definition) is 12. The van der Waals surface area contributed by atoms with Crippen molar-refractivity contribution < 1.29 is 34.2 Å². The van der Waals surface area contributed by atoms with E-state index in [-0.39, 0.29) is 43.9 Å². The molecule has 0 saturated heterocycles. The number of amides is 4. The van der Waals surface area contributed by atoms with Gasteiger partial charge in [0.15, 0.2) is 5.96 Å². The first kappa shape index (κ1) is 35.5. The molecule has 2 aromatic heterocycles. The highest BCUT2D eigenvalue weighted by Crippen LogP contribution is 2.04. The van der Waals surface area contributed by atoms with Crippen LogP contribution in [0.1, 0.15) is 24.2 Å².